The van der Waals surface area contributed by atoms with Crippen LogP contribution in [0.25, 0.3) is 0 Å². The van der Waals surface area contributed by atoms with Crippen LogP contribution in [0.2, 0.25) is 0 Å². The minimum atomic E-state index is -0.590. The lowest BCUT2D eigenvalue weighted by Crippen LogP contribution is -2.45. The lowest BCUT2D eigenvalue weighted by Gasteiger charge is -2.31. The van der Waals surface area contributed by atoms with Gasteiger partial charge in [0.05, 0.1) is 11.0 Å². The molecule has 0 aromatic heterocycles. The molecule has 0 spiro atoms. The van der Waals surface area contributed by atoms with Crippen LogP contribution < -0.4 is 10.6 Å². The first kappa shape index (κ1) is 19.1. The Morgan fingerprint density at radius 1 is 1.26 bits per heavy atom. The van der Waals surface area contributed by atoms with Crippen LogP contribution in [0, 0.1) is 22.0 Å². The molecule has 1 saturated carbocycles. The summed E-state index contributed by atoms with van der Waals surface area (Å²) in [7, 11) is 0. The molecule has 3 rings (SSSR count). The summed E-state index contributed by atoms with van der Waals surface area (Å²) in [5.74, 6) is 1.04. The monoisotopic (exact) mass is 371 g/mol. The number of urea groups is 1. The fraction of sp³-hybridized carbons (Fsp3) is 0.500. The Bertz CT molecular complexity index is 785. The zero-order valence-electron chi connectivity index (χ0n) is 15.7. The molecule has 144 valence electrons. The van der Waals surface area contributed by atoms with Gasteiger partial charge in [0.1, 0.15) is 0 Å². The van der Waals surface area contributed by atoms with E-state index in [0.717, 1.165) is 19.3 Å². The molecule has 1 aromatic carbocycles. The van der Waals surface area contributed by atoms with Crippen molar-refractivity contribution in [3.8, 4) is 0 Å². The molecule has 27 heavy (non-hydrogen) atoms. The van der Waals surface area contributed by atoms with Crippen LogP contribution in [-0.4, -0.2) is 16.7 Å². The van der Waals surface area contributed by atoms with Gasteiger partial charge in [-0.05, 0) is 49.3 Å². The number of carbonyl (C=O) groups excluding carboxylic acids is 2. The molecule has 2 N–H and O–H groups in total. The lowest BCUT2D eigenvalue weighted by atomic mass is 9.78. The van der Waals surface area contributed by atoms with E-state index in [4.69, 9.17) is 0 Å². The summed E-state index contributed by atoms with van der Waals surface area (Å²) < 4.78 is 0. The largest absolute Gasteiger partial charge is 0.327 e. The third-order valence-electron chi connectivity index (χ3n) is 5.53. The SMILES string of the molecule is CC1=C(C(=O)C[C@@H]2CCC[C@H](C)C2)[C@@H](c2ccc([N+](=O)[O-])cc2)NC(=O)N1. The minimum Gasteiger partial charge on any atom is -0.327 e. The molecule has 0 unspecified atom stereocenters. The summed E-state index contributed by atoms with van der Waals surface area (Å²) in [6.45, 7) is 3.96. The molecular weight excluding hydrogens is 346 g/mol. The quantitative estimate of drug-likeness (QED) is 0.603. The molecule has 2 aliphatic rings. The van der Waals surface area contributed by atoms with Gasteiger partial charge >= 0.3 is 6.03 Å². The van der Waals surface area contributed by atoms with Gasteiger partial charge in [-0.3, -0.25) is 14.9 Å². The highest BCUT2D eigenvalue weighted by Crippen LogP contribution is 2.34. The zero-order valence-corrected chi connectivity index (χ0v) is 15.7. The highest BCUT2D eigenvalue weighted by Gasteiger charge is 2.33. The third kappa shape index (κ3) is 4.35. The fourth-order valence-electron chi connectivity index (χ4n) is 4.22. The highest BCUT2D eigenvalue weighted by atomic mass is 16.6. The van der Waals surface area contributed by atoms with Crippen LogP contribution in [0.15, 0.2) is 35.5 Å². The Labute approximate surface area is 158 Å². The van der Waals surface area contributed by atoms with Crippen molar-refractivity contribution in [2.45, 2.75) is 52.0 Å². The van der Waals surface area contributed by atoms with Crippen molar-refractivity contribution >= 4 is 17.5 Å². The number of hydrogen-bond acceptors (Lipinski definition) is 4. The fourth-order valence-corrected chi connectivity index (χ4v) is 4.22. The first-order valence-corrected chi connectivity index (χ1v) is 9.41. The third-order valence-corrected chi connectivity index (χ3v) is 5.53. The van der Waals surface area contributed by atoms with E-state index in [2.05, 4.69) is 17.6 Å². The number of carbonyl (C=O) groups is 2. The Balaban J connectivity index is 1.85. The molecule has 0 radical (unpaired) electrons. The van der Waals surface area contributed by atoms with E-state index in [1.54, 1.807) is 19.1 Å². The van der Waals surface area contributed by atoms with Crippen molar-refractivity contribution in [3.63, 3.8) is 0 Å². The first-order chi connectivity index (χ1) is 12.8. The standard InChI is InChI=1S/C20H25N3O4/c1-12-4-3-5-14(10-12)11-17(24)18-13(2)21-20(25)22-19(18)15-6-8-16(9-7-15)23(26)27/h6-9,12,14,19H,3-5,10-11H2,1-2H3,(H2,21,22,25)/t12-,14+,19+/m0/s1. The number of nitrogens with one attached hydrogen (secondary N) is 2. The Morgan fingerprint density at radius 2 is 1.96 bits per heavy atom. The van der Waals surface area contributed by atoms with Gasteiger partial charge in [0, 0.05) is 29.8 Å². The topological polar surface area (TPSA) is 101 Å². The number of nitro groups is 1. The van der Waals surface area contributed by atoms with E-state index in [9.17, 15) is 19.7 Å². The Kier molecular flexibility index (Phi) is 5.58. The van der Waals surface area contributed by atoms with Gasteiger partial charge < -0.3 is 10.6 Å². The van der Waals surface area contributed by atoms with Crippen LogP contribution in [0.5, 0.6) is 0 Å². The number of Topliss-reactive ketones (excluding diaryl/α,β-unsaturated/α-hetero) is 1. The van der Waals surface area contributed by atoms with Gasteiger partial charge in [-0.25, -0.2) is 4.79 Å². The van der Waals surface area contributed by atoms with E-state index in [0.29, 0.717) is 35.1 Å². The Morgan fingerprint density at radius 3 is 2.59 bits per heavy atom. The van der Waals surface area contributed by atoms with Gasteiger partial charge in [0.15, 0.2) is 5.78 Å². The number of rotatable bonds is 5. The average molecular weight is 371 g/mol. The second kappa shape index (κ2) is 7.90. The molecular formula is C20H25N3O4. The van der Waals surface area contributed by atoms with E-state index < -0.39 is 11.0 Å². The molecule has 0 saturated heterocycles. The number of nitro benzene ring substituents is 1. The van der Waals surface area contributed by atoms with Crippen molar-refractivity contribution in [2.24, 2.45) is 11.8 Å². The second-order valence-corrected chi connectivity index (χ2v) is 7.68. The zero-order chi connectivity index (χ0) is 19.6. The predicted octanol–water partition coefficient (Wildman–Crippen LogP) is 4.01. The van der Waals surface area contributed by atoms with E-state index in [1.807, 2.05) is 0 Å². The van der Waals surface area contributed by atoms with E-state index >= 15 is 0 Å². The van der Waals surface area contributed by atoms with Crippen LogP contribution in [0.1, 0.15) is 57.6 Å². The molecule has 0 bridgehead atoms. The van der Waals surface area contributed by atoms with Crippen LogP contribution in [-0.2, 0) is 4.79 Å². The number of hydrogen-bond donors (Lipinski definition) is 2. The van der Waals surface area contributed by atoms with E-state index in [1.165, 1.54) is 18.6 Å². The summed E-state index contributed by atoms with van der Waals surface area (Å²) in [5, 5.41) is 16.4. The molecule has 1 aliphatic carbocycles. The van der Waals surface area contributed by atoms with Crippen molar-refractivity contribution in [2.75, 3.05) is 0 Å². The summed E-state index contributed by atoms with van der Waals surface area (Å²) in [6, 6.07) is 5.01. The smallest absolute Gasteiger partial charge is 0.319 e. The van der Waals surface area contributed by atoms with Crippen molar-refractivity contribution in [3.05, 3.63) is 51.2 Å². The van der Waals surface area contributed by atoms with E-state index in [-0.39, 0.29) is 17.5 Å². The maximum absolute atomic E-state index is 13.1. The van der Waals surface area contributed by atoms with Crippen LogP contribution in [0.3, 0.4) is 0 Å². The van der Waals surface area contributed by atoms with Crippen molar-refractivity contribution in [1.29, 1.82) is 0 Å². The molecule has 7 nitrogen and oxygen atoms in total. The van der Waals surface area contributed by atoms with Gasteiger partial charge in [-0.2, -0.15) is 0 Å². The number of ketones is 1. The minimum absolute atomic E-state index is 0.0243. The molecule has 3 atom stereocenters. The molecule has 1 heterocycles. The maximum Gasteiger partial charge on any atom is 0.319 e. The number of nitrogens with zero attached hydrogens (tertiary/aromatic N) is 1. The summed E-state index contributed by atoms with van der Waals surface area (Å²) in [5.41, 5.74) is 1.73. The van der Waals surface area contributed by atoms with Gasteiger partial charge in [0.25, 0.3) is 5.69 Å². The van der Waals surface area contributed by atoms with Gasteiger partial charge in [-0.1, -0.05) is 19.8 Å². The van der Waals surface area contributed by atoms with Crippen molar-refractivity contribution < 1.29 is 14.5 Å². The van der Waals surface area contributed by atoms with Crippen LogP contribution >= 0.6 is 0 Å². The normalized spacial score (nSPS) is 25.6. The van der Waals surface area contributed by atoms with Gasteiger partial charge in [-0.15, -0.1) is 0 Å². The molecule has 1 aliphatic heterocycles. The highest BCUT2D eigenvalue weighted by molar-refractivity contribution is 6.00. The maximum atomic E-state index is 13.1. The first-order valence-electron chi connectivity index (χ1n) is 9.41. The van der Waals surface area contributed by atoms with Crippen LogP contribution in [0.4, 0.5) is 10.5 Å². The number of non-ortho nitro benzene ring substituents is 1. The number of amides is 2. The van der Waals surface area contributed by atoms with Crippen molar-refractivity contribution in [1.82, 2.24) is 10.6 Å². The molecule has 1 aromatic rings. The summed E-state index contributed by atoms with van der Waals surface area (Å²) in [6.07, 6.45) is 4.95. The average Bonchev–Trinajstić information content (AvgIpc) is 2.61. The number of allylic oxidation sites excluding steroid dienone is 1. The summed E-state index contributed by atoms with van der Waals surface area (Å²) in [4.78, 5) is 35.5. The number of benzene rings is 1. The molecule has 1 fully saturated rings. The molecule has 7 heteroatoms. The predicted molar refractivity (Wildman–Crippen MR) is 101 cm³/mol. The Hall–Kier alpha value is -2.70. The lowest BCUT2D eigenvalue weighted by molar-refractivity contribution is -0.384. The summed E-state index contributed by atoms with van der Waals surface area (Å²) >= 11 is 0. The molecule has 2 amide bonds. The van der Waals surface area contributed by atoms with Gasteiger partial charge in [0.2, 0.25) is 0 Å². The second-order valence-electron chi connectivity index (χ2n) is 7.68.